The maximum Gasteiger partial charge on any atom is 0.119 e. The molecule has 0 saturated heterocycles. The van der Waals surface area contributed by atoms with Crippen molar-refractivity contribution in [1.82, 2.24) is 10.2 Å². The van der Waals surface area contributed by atoms with Gasteiger partial charge in [-0.3, -0.25) is 0 Å². The highest BCUT2D eigenvalue weighted by Gasteiger charge is 2.10. The molecular weight excluding hydrogens is 248 g/mol. The molecule has 114 valence electrons. The van der Waals surface area contributed by atoms with E-state index >= 15 is 0 Å². The van der Waals surface area contributed by atoms with Crippen LogP contribution in [0.1, 0.15) is 45.7 Å². The molecule has 0 amide bonds. The van der Waals surface area contributed by atoms with Crippen molar-refractivity contribution < 1.29 is 4.74 Å². The Morgan fingerprint density at radius 1 is 1.05 bits per heavy atom. The lowest BCUT2D eigenvalue weighted by Crippen LogP contribution is -2.31. The van der Waals surface area contributed by atoms with Crippen LogP contribution in [-0.2, 0) is 0 Å². The highest BCUT2D eigenvalue weighted by molar-refractivity contribution is 5.29. The molecule has 2 unspecified atom stereocenters. The molecule has 3 nitrogen and oxygen atoms in total. The van der Waals surface area contributed by atoms with Crippen LogP contribution in [0, 0.1) is 0 Å². The molecule has 1 rings (SSSR count). The van der Waals surface area contributed by atoms with Crippen LogP contribution in [0.4, 0.5) is 0 Å². The van der Waals surface area contributed by atoms with Crippen LogP contribution in [0.15, 0.2) is 24.3 Å². The summed E-state index contributed by atoms with van der Waals surface area (Å²) in [5.41, 5.74) is 1.30. The van der Waals surface area contributed by atoms with Gasteiger partial charge in [0.1, 0.15) is 5.75 Å². The molecule has 2 atom stereocenters. The second kappa shape index (κ2) is 8.28. The van der Waals surface area contributed by atoms with E-state index in [1.54, 1.807) is 0 Å². The van der Waals surface area contributed by atoms with Gasteiger partial charge in [-0.25, -0.2) is 0 Å². The number of hydrogen-bond donors (Lipinski definition) is 1. The molecule has 3 heteroatoms. The van der Waals surface area contributed by atoms with Crippen LogP contribution in [0.5, 0.6) is 5.75 Å². The van der Waals surface area contributed by atoms with Gasteiger partial charge >= 0.3 is 0 Å². The second-order valence-corrected chi connectivity index (χ2v) is 6.12. The highest BCUT2D eigenvalue weighted by atomic mass is 16.5. The summed E-state index contributed by atoms with van der Waals surface area (Å²) in [5.74, 6) is 0.941. The van der Waals surface area contributed by atoms with Crippen LogP contribution in [-0.4, -0.2) is 37.7 Å². The fraction of sp³-hybridized carbons (Fsp3) is 0.647. The second-order valence-electron chi connectivity index (χ2n) is 6.12. The minimum atomic E-state index is 0.224. The smallest absolute Gasteiger partial charge is 0.119 e. The summed E-state index contributed by atoms with van der Waals surface area (Å²) in [7, 11) is 4.23. The Morgan fingerprint density at radius 3 is 2.15 bits per heavy atom. The summed E-state index contributed by atoms with van der Waals surface area (Å²) in [4.78, 5) is 2.22. The molecule has 0 aliphatic carbocycles. The summed E-state index contributed by atoms with van der Waals surface area (Å²) in [6.07, 6.45) is 1.38. The summed E-state index contributed by atoms with van der Waals surface area (Å²) >= 11 is 0. The van der Waals surface area contributed by atoms with Crippen molar-refractivity contribution in [3.63, 3.8) is 0 Å². The van der Waals surface area contributed by atoms with E-state index in [1.165, 1.54) is 5.56 Å². The van der Waals surface area contributed by atoms with E-state index < -0.39 is 0 Å². The largest absolute Gasteiger partial charge is 0.491 e. The van der Waals surface area contributed by atoms with Gasteiger partial charge in [0.15, 0.2) is 0 Å². The molecule has 0 fully saturated rings. The normalized spacial score (nSPS) is 14.6. The molecule has 0 radical (unpaired) electrons. The Balaban J connectivity index is 2.48. The van der Waals surface area contributed by atoms with E-state index in [1.807, 2.05) is 13.8 Å². The standard InChI is InChI=1S/C17H30N2O/c1-13(2)20-17-9-7-16(8-10-17)15(4)18-14(3)11-12-19(5)6/h7-10,13-15,18H,11-12H2,1-6H3. The number of nitrogens with one attached hydrogen (secondary N) is 1. The van der Waals surface area contributed by atoms with Crippen molar-refractivity contribution in [2.75, 3.05) is 20.6 Å². The van der Waals surface area contributed by atoms with Gasteiger partial charge in [-0.05, 0) is 72.5 Å². The molecule has 1 aromatic rings. The van der Waals surface area contributed by atoms with Crippen molar-refractivity contribution >= 4 is 0 Å². The predicted octanol–water partition coefficient (Wildman–Crippen LogP) is 3.46. The van der Waals surface area contributed by atoms with Gasteiger partial charge in [0.2, 0.25) is 0 Å². The maximum absolute atomic E-state index is 5.67. The molecule has 0 aliphatic rings. The fourth-order valence-electron chi connectivity index (χ4n) is 2.17. The van der Waals surface area contributed by atoms with Crippen molar-refractivity contribution in [2.24, 2.45) is 0 Å². The molecule has 0 aromatic heterocycles. The lowest BCUT2D eigenvalue weighted by atomic mass is 10.1. The minimum absolute atomic E-state index is 0.224. The Morgan fingerprint density at radius 2 is 1.65 bits per heavy atom. The van der Waals surface area contributed by atoms with Gasteiger partial charge in [0.05, 0.1) is 6.10 Å². The first-order valence-electron chi connectivity index (χ1n) is 7.56. The maximum atomic E-state index is 5.67. The Hall–Kier alpha value is -1.06. The first kappa shape index (κ1) is 17.0. The molecule has 0 heterocycles. The van der Waals surface area contributed by atoms with Gasteiger partial charge in [-0.1, -0.05) is 12.1 Å². The van der Waals surface area contributed by atoms with Crippen molar-refractivity contribution in [1.29, 1.82) is 0 Å². The summed E-state index contributed by atoms with van der Waals surface area (Å²) in [6.45, 7) is 9.66. The first-order chi connectivity index (χ1) is 9.38. The zero-order valence-electron chi connectivity index (χ0n) is 13.8. The number of ether oxygens (including phenoxy) is 1. The number of nitrogens with zero attached hydrogens (tertiary/aromatic N) is 1. The molecule has 0 aliphatic heterocycles. The zero-order valence-corrected chi connectivity index (χ0v) is 13.8. The monoisotopic (exact) mass is 278 g/mol. The average Bonchev–Trinajstić information content (AvgIpc) is 2.36. The van der Waals surface area contributed by atoms with E-state index in [0.29, 0.717) is 12.1 Å². The van der Waals surface area contributed by atoms with Crippen LogP contribution < -0.4 is 10.1 Å². The van der Waals surface area contributed by atoms with Gasteiger partial charge in [0.25, 0.3) is 0 Å². The van der Waals surface area contributed by atoms with E-state index in [4.69, 9.17) is 4.74 Å². The average molecular weight is 278 g/mol. The van der Waals surface area contributed by atoms with Crippen LogP contribution in [0.2, 0.25) is 0 Å². The lowest BCUT2D eigenvalue weighted by Gasteiger charge is -2.22. The molecular formula is C17H30N2O. The first-order valence-corrected chi connectivity index (χ1v) is 7.56. The third-order valence-electron chi connectivity index (χ3n) is 3.30. The molecule has 1 aromatic carbocycles. The lowest BCUT2D eigenvalue weighted by molar-refractivity contribution is 0.242. The molecule has 0 spiro atoms. The van der Waals surface area contributed by atoms with Gasteiger partial charge in [-0.2, -0.15) is 0 Å². The predicted molar refractivity (Wildman–Crippen MR) is 86.4 cm³/mol. The van der Waals surface area contributed by atoms with E-state index in [2.05, 4.69) is 62.4 Å². The quantitative estimate of drug-likeness (QED) is 0.788. The van der Waals surface area contributed by atoms with Crippen molar-refractivity contribution in [3.05, 3.63) is 29.8 Å². The van der Waals surface area contributed by atoms with E-state index in [9.17, 15) is 0 Å². The highest BCUT2D eigenvalue weighted by Crippen LogP contribution is 2.19. The van der Waals surface area contributed by atoms with E-state index in [0.717, 1.165) is 18.7 Å². The summed E-state index contributed by atoms with van der Waals surface area (Å²) < 4.78 is 5.67. The third-order valence-corrected chi connectivity index (χ3v) is 3.30. The number of hydrogen-bond acceptors (Lipinski definition) is 3. The van der Waals surface area contributed by atoms with Gasteiger partial charge in [0, 0.05) is 12.1 Å². The number of rotatable bonds is 8. The Bertz CT molecular complexity index is 373. The van der Waals surface area contributed by atoms with Gasteiger partial charge in [-0.15, -0.1) is 0 Å². The fourth-order valence-corrected chi connectivity index (χ4v) is 2.17. The SMILES string of the molecule is CC(CCN(C)C)NC(C)c1ccc(OC(C)C)cc1. The Kier molecular flexibility index (Phi) is 7.03. The van der Waals surface area contributed by atoms with Gasteiger partial charge < -0.3 is 15.0 Å². The summed E-state index contributed by atoms with van der Waals surface area (Å²) in [6, 6.07) is 9.28. The number of benzene rings is 1. The minimum Gasteiger partial charge on any atom is -0.491 e. The van der Waals surface area contributed by atoms with Crippen molar-refractivity contribution in [2.45, 2.75) is 52.3 Å². The van der Waals surface area contributed by atoms with Crippen LogP contribution in [0.25, 0.3) is 0 Å². The Labute approximate surface area is 124 Å². The zero-order chi connectivity index (χ0) is 15.1. The van der Waals surface area contributed by atoms with E-state index in [-0.39, 0.29) is 6.10 Å². The summed E-state index contributed by atoms with van der Waals surface area (Å²) in [5, 5.41) is 3.64. The van der Waals surface area contributed by atoms with Crippen LogP contribution >= 0.6 is 0 Å². The van der Waals surface area contributed by atoms with Crippen LogP contribution in [0.3, 0.4) is 0 Å². The molecule has 1 N–H and O–H groups in total. The van der Waals surface area contributed by atoms with Crippen molar-refractivity contribution in [3.8, 4) is 5.75 Å². The third kappa shape index (κ3) is 6.40. The topological polar surface area (TPSA) is 24.5 Å². The molecule has 20 heavy (non-hydrogen) atoms. The molecule has 0 saturated carbocycles. The molecule has 0 bridgehead atoms.